The van der Waals surface area contributed by atoms with E-state index in [1.165, 1.54) is 24.9 Å². The third-order valence-electron chi connectivity index (χ3n) is 6.12. The Labute approximate surface area is 131 Å². The van der Waals surface area contributed by atoms with E-state index in [1.807, 2.05) is 0 Å². The molecular formula is C15H21ClN2O2S. The van der Waals surface area contributed by atoms with Gasteiger partial charge in [0, 0.05) is 18.4 Å². The SMILES string of the molecule is CC1(C)C2CCC1(C)C(NS(=O)(=O)c1cnccc1Cl)C2. The van der Waals surface area contributed by atoms with Crippen LogP contribution in [0.1, 0.15) is 40.0 Å². The predicted octanol–water partition coefficient (Wildman–Crippen LogP) is 3.23. The number of rotatable bonds is 3. The smallest absolute Gasteiger partial charge is 0.243 e. The van der Waals surface area contributed by atoms with Crippen LogP contribution in [0.5, 0.6) is 0 Å². The predicted molar refractivity (Wildman–Crippen MR) is 82.6 cm³/mol. The fraction of sp³-hybridized carbons (Fsp3) is 0.667. The van der Waals surface area contributed by atoms with Crippen molar-refractivity contribution in [1.82, 2.24) is 9.71 Å². The molecule has 2 saturated carbocycles. The molecule has 2 aliphatic carbocycles. The highest BCUT2D eigenvalue weighted by atomic mass is 35.5. The minimum absolute atomic E-state index is 0.000574. The van der Waals surface area contributed by atoms with Gasteiger partial charge in [0.25, 0.3) is 0 Å². The van der Waals surface area contributed by atoms with Crippen LogP contribution in [0, 0.1) is 16.7 Å². The van der Waals surface area contributed by atoms with E-state index in [9.17, 15) is 8.42 Å². The minimum Gasteiger partial charge on any atom is -0.263 e. The zero-order valence-electron chi connectivity index (χ0n) is 12.6. The Balaban J connectivity index is 1.90. The van der Waals surface area contributed by atoms with Crippen molar-refractivity contribution in [3.8, 4) is 0 Å². The molecule has 2 aliphatic rings. The van der Waals surface area contributed by atoms with E-state index < -0.39 is 10.0 Å². The molecule has 21 heavy (non-hydrogen) atoms. The molecular weight excluding hydrogens is 308 g/mol. The number of fused-ring (bicyclic) bond motifs is 2. The first kappa shape index (κ1) is 15.3. The third-order valence-corrected chi connectivity index (χ3v) is 8.06. The molecule has 0 amide bonds. The molecule has 0 radical (unpaired) electrons. The van der Waals surface area contributed by atoms with E-state index in [4.69, 9.17) is 11.6 Å². The van der Waals surface area contributed by atoms with Gasteiger partial charge in [-0.05, 0) is 42.1 Å². The van der Waals surface area contributed by atoms with Gasteiger partial charge in [0.15, 0.2) is 0 Å². The summed E-state index contributed by atoms with van der Waals surface area (Å²) in [5, 5.41) is 0.213. The Hall–Kier alpha value is -0.650. The number of hydrogen-bond donors (Lipinski definition) is 1. The number of halogens is 1. The fourth-order valence-corrected chi connectivity index (χ4v) is 5.99. The van der Waals surface area contributed by atoms with Gasteiger partial charge < -0.3 is 0 Å². The van der Waals surface area contributed by atoms with Crippen LogP contribution >= 0.6 is 11.6 Å². The second-order valence-corrected chi connectivity index (χ2v) is 9.18. The maximum Gasteiger partial charge on any atom is 0.243 e. The standard InChI is InChI=1S/C15H21ClN2O2S/c1-14(2)10-4-6-15(14,3)13(8-10)18-21(19,20)12-9-17-7-5-11(12)16/h5,7,9-10,13,18H,4,6,8H2,1-3H3. The molecule has 116 valence electrons. The number of sulfonamides is 1. The summed E-state index contributed by atoms with van der Waals surface area (Å²) in [5.41, 5.74) is 0.165. The monoisotopic (exact) mass is 328 g/mol. The lowest BCUT2D eigenvalue weighted by Gasteiger charge is -2.39. The zero-order valence-corrected chi connectivity index (χ0v) is 14.1. The maximum absolute atomic E-state index is 12.6. The summed E-state index contributed by atoms with van der Waals surface area (Å²) in [6, 6.07) is 1.47. The van der Waals surface area contributed by atoms with Gasteiger partial charge in [-0.1, -0.05) is 32.4 Å². The van der Waals surface area contributed by atoms with E-state index in [0.29, 0.717) is 5.92 Å². The number of pyridine rings is 1. The van der Waals surface area contributed by atoms with Gasteiger partial charge in [0.2, 0.25) is 10.0 Å². The molecule has 3 rings (SSSR count). The first-order valence-corrected chi connectivity index (χ1v) is 9.16. The Morgan fingerprint density at radius 2 is 2.10 bits per heavy atom. The minimum atomic E-state index is -3.63. The molecule has 4 nitrogen and oxygen atoms in total. The number of hydrogen-bond acceptors (Lipinski definition) is 3. The topological polar surface area (TPSA) is 59.1 Å². The summed E-state index contributed by atoms with van der Waals surface area (Å²) in [4.78, 5) is 3.94. The quantitative estimate of drug-likeness (QED) is 0.926. The largest absolute Gasteiger partial charge is 0.263 e. The molecule has 1 heterocycles. The molecule has 3 unspecified atom stereocenters. The normalized spacial score (nSPS) is 34.3. The Bertz CT molecular complexity index is 674. The summed E-state index contributed by atoms with van der Waals surface area (Å²) in [6.45, 7) is 6.73. The first-order chi connectivity index (χ1) is 9.68. The Morgan fingerprint density at radius 3 is 2.62 bits per heavy atom. The van der Waals surface area contributed by atoms with Gasteiger partial charge in [-0.15, -0.1) is 0 Å². The lowest BCUT2D eigenvalue weighted by Crippen LogP contribution is -2.46. The van der Waals surface area contributed by atoms with Gasteiger partial charge in [0.1, 0.15) is 4.90 Å². The average Bonchev–Trinajstić information content (AvgIpc) is 2.72. The van der Waals surface area contributed by atoms with Crippen LogP contribution in [0.4, 0.5) is 0 Å². The molecule has 1 aromatic rings. The van der Waals surface area contributed by atoms with Crippen molar-refractivity contribution < 1.29 is 8.42 Å². The summed E-state index contributed by atoms with van der Waals surface area (Å²) >= 11 is 6.00. The summed E-state index contributed by atoms with van der Waals surface area (Å²) in [5.74, 6) is 0.583. The zero-order chi connectivity index (χ0) is 15.5. The van der Waals surface area contributed by atoms with Crippen molar-refractivity contribution in [1.29, 1.82) is 0 Å². The van der Waals surface area contributed by atoms with Crippen LogP contribution < -0.4 is 4.72 Å². The van der Waals surface area contributed by atoms with E-state index >= 15 is 0 Å². The molecule has 6 heteroatoms. The Morgan fingerprint density at radius 1 is 1.38 bits per heavy atom. The van der Waals surface area contributed by atoms with Crippen LogP contribution in [-0.2, 0) is 10.0 Å². The van der Waals surface area contributed by atoms with Crippen LogP contribution in [0.3, 0.4) is 0 Å². The lowest BCUT2D eigenvalue weighted by molar-refractivity contribution is 0.130. The molecule has 0 spiro atoms. The highest BCUT2D eigenvalue weighted by Gasteiger charge is 2.61. The van der Waals surface area contributed by atoms with Gasteiger partial charge in [0.05, 0.1) is 5.02 Å². The van der Waals surface area contributed by atoms with Gasteiger partial charge in [-0.3, -0.25) is 4.98 Å². The van der Waals surface area contributed by atoms with E-state index in [0.717, 1.165) is 12.8 Å². The number of aromatic nitrogens is 1. The van der Waals surface area contributed by atoms with Crippen LogP contribution in [-0.4, -0.2) is 19.4 Å². The molecule has 1 aromatic heterocycles. The molecule has 0 aromatic carbocycles. The molecule has 2 fully saturated rings. The summed E-state index contributed by atoms with van der Waals surface area (Å²) in [7, 11) is -3.63. The van der Waals surface area contributed by atoms with Gasteiger partial charge in [-0.25, -0.2) is 13.1 Å². The highest BCUT2D eigenvalue weighted by Crippen LogP contribution is 2.65. The second kappa shape index (κ2) is 4.67. The van der Waals surface area contributed by atoms with Gasteiger partial charge >= 0.3 is 0 Å². The van der Waals surface area contributed by atoms with Crippen molar-refractivity contribution in [2.45, 2.75) is 51.0 Å². The fourth-order valence-electron chi connectivity index (χ4n) is 4.19. The van der Waals surface area contributed by atoms with E-state index in [-0.39, 0.29) is 26.8 Å². The summed E-state index contributed by atoms with van der Waals surface area (Å²) in [6.07, 6.45) is 5.96. The molecule has 3 atom stereocenters. The number of nitrogens with zero attached hydrogens (tertiary/aromatic N) is 1. The maximum atomic E-state index is 12.6. The first-order valence-electron chi connectivity index (χ1n) is 7.30. The van der Waals surface area contributed by atoms with Crippen molar-refractivity contribution in [2.75, 3.05) is 0 Å². The molecule has 1 N–H and O–H groups in total. The second-order valence-electron chi connectivity index (χ2n) is 7.09. The van der Waals surface area contributed by atoms with Gasteiger partial charge in [-0.2, -0.15) is 0 Å². The number of nitrogens with one attached hydrogen (secondary N) is 1. The van der Waals surface area contributed by atoms with Crippen molar-refractivity contribution in [3.05, 3.63) is 23.5 Å². The summed E-state index contributed by atoms with van der Waals surface area (Å²) < 4.78 is 28.1. The lowest BCUT2D eigenvalue weighted by atomic mass is 9.69. The average molecular weight is 329 g/mol. The van der Waals surface area contributed by atoms with E-state index in [2.05, 4.69) is 30.5 Å². The Kier molecular flexibility index (Phi) is 3.39. The van der Waals surface area contributed by atoms with Crippen LogP contribution in [0.2, 0.25) is 5.02 Å². The molecule has 0 aliphatic heterocycles. The third kappa shape index (κ3) is 2.13. The van der Waals surface area contributed by atoms with Crippen molar-refractivity contribution >= 4 is 21.6 Å². The molecule has 2 bridgehead atoms. The van der Waals surface area contributed by atoms with Crippen LogP contribution in [0.25, 0.3) is 0 Å². The molecule has 0 saturated heterocycles. The van der Waals surface area contributed by atoms with Crippen LogP contribution in [0.15, 0.2) is 23.4 Å². The van der Waals surface area contributed by atoms with Crippen molar-refractivity contribution in [3.63, 3.8) is 0 Å². The van der Waals surface area contributed by atoms with Crippen molar-refractivity contribution in [2.24, 2.45) is 16.7 Å². The highest BCUT2D eigenvalue weighted by molar-refractivity contribution is 7.89. The van der Waals surface area contributed by atoms with E-state index in [1.54, 1.807) is 0 Å².